The number of fused-ring (bicyclic) bond motifs is 1. The molecule has 0 aliphatic carbocycles. The molecule has 1 aromatic carbocycles. The van der Waals surface area contributed by atoms with Crippen LogP contribution in [0.2, 0.25) is 0 Å². The summed E-state index contributed by atoms with van der Waals surface area (Å²) in [7, 11) is 1.75. The van der Waals surface area contributed by atoms with E-state index in [2.05, 4.69) is 29.3 Å². The Bertz CT molecular complexity index is 935. The first-order chi connectivity index (χ1) is 15.7. The fourth-order valence-electron chi connectivity index (χ4n) is 5.03. The number of nitrogens with zero attached hydrogens (tertiary/aromatic N) is 1. The Morgan fingerprint density at radius 2 is 1.97 bits per heavy atom. The number of benzene rings is 1. The third-order valence-corrected chi connectivity index (χ3v) is 6.82. The van der Waals surface area contributed by atoms with Crippen molar-refractivity contribution in [1.82, 2.24) is 15.5 Å². The van der Waals surface area contributed by atoms with Crippen molar-refractivity contribution in [2.24, 2.45) is 5.92 Å². The highest BCUT2D eigenvalue weighted by atomic mass is 16.6. The van der Waals surface area contributed by atoms with Gasteiger partial charge in [-0.3, -0.25) is 4.79 Å². The number of amides is 2. The fourth-order valence-corrected chi connectivity index (χ4v) is 5.03. The van der Waals surface area contributed by atoms with Crippen LogP contribution in [0.15, 0.2) is 66.4 Å². The fraction of sp³-hybridized carbons (Fsp3) is 0.481. The third kappa shape index (κ3) is 5.56. The van der Waals surface area contributed by atoms with Crippen molar-refractivity contribution in [3.63, 3.8) is 0 Å². The summed E-state index contributed by atoms with van der Waals surface area (Å²) in [5, 5.41) is 5.84. The number of likely N-dealkylation sites (N-methyl/N-ethyl adjacent to an activating group) is 1. The van der Waals surface area contributed by atoms with E-state index in [4.69, 9.17) is 4.74 Å². The highest BCUT2D eigenvalue weighted by molar-refractivity contribution is 5.82. The number of rotatable bonds is 8. The molecular weight excluding hydrogens is 414 g/mol. The number of hydrogen-bond acceptors (Lipinski definition) is 4. The first kappa shape index (κ1) is 24.8. The standard InChI is InChI=1S/C27H37N3O3/c1-7-21(14-13-18(2)29-25(31)19(3)28-6)24-23-16-15-22(17-20-11-9-8-10-12-20)30(23)26(32)33-27(24,4)5/h7-14,19,22-24,28H,1,15-17H2,2-6H3,(H,29,31)/b18-13+,21-14+/t19-,22-,23+,24?/m1/s1. The highest BCUT2D eigenvalue weighted by Crippen LogP contribution is 2.45. The lowest BCUT2D eigenvalue weighted by molar-refractivity contribution is -0.121. The van der Waals surface area contributed by atoms with Gasteiger partial charge in [0.15, 0.2) is 0 Å². The molecule has 2 amide bonds. The molecule has 2 aliphatic heterocycles. The van der Waals surface area contributed by atoms with E-state index in [1.807, 2.05) is 69.0 Å². The van der Waals surface area contributed by atoms with Gasteiger partial charge >= 0.3 is 6.09 Å². The SMILES string of the molecule is C=C/C(=C\C=C(/C)NC(=O)[C@@H](C)NC)C1[C@@H]2CC[C@H](Cc3ccccc3)N2C(=O)OC1(C)C. The number of allylic oxidation sites excluding steroid dienone is 4. The van der Waals surface area contributed by atoms with Crippen molar-refractivity contribution < 1.29 is 14.3 Å². The van der Waals surface area contributed by atoms with E-state index in [-0.39, 0.29) is 36.0 Å². The van der Waals surface area contributed by atoms with Gasteiger partial charge in [0, 0.05) is 23.7 Å². The van der Waals surface area contributed by atoms with E-state index >= 15 is 0 Å². The van der Waals surface area contributed by atoms with Gasteiger partial charge in [0.1, 0.15) is 5.60 Å². The molecule has 178 valence electrons. The van der Waals surface area contributed by atoms with Gasteiger partial charge in [-0.05, 0) is 71.2 Å². The molecule has 6 heteroatoms. The van der Waals surface area contributed by atoms with Gasteiger partial charge < -0.3 is 20.3 Å². The summed E-state index contributed by atoms with van der Waals surface area (Å²) in [6.07, 6.45) is 8.18. The van der Waals surface area contributed by atoms with Crippen LogP contribution in [0.1, 0.15) is 46.1 Å². The average molecular weight is 452 g/mol. The Morgan fingerprint density at radius 1 is 1.27 bits per heavy atom. The molecule has 33 heavy (non-hydrogen) atoms. The molecule has 3 rings (SSSR count). The number of nitrogens with one attached hydrogen (secondary N) is 2. The van der Waals surface area contributed by atoms with Crippen molar-refractivity contribution in [2.75, 3.05) is 7.05 Å². The minimum absolute atomic E-state index is 0.0237. The lowest BCUT2D eigenvalue weighted by Crippen LogP contribution is -2.59. The molecule has 2 heterocycles. The highest BCUT2D eigenvalue weighted by Gasteiger charge is 2.53. The molecule has 1 aromatic rings. The summed E-state index contributed by atoms with van der Waals surface area (Å²) in [5.74, 6) is -0.109. The first-order valence-electron chi connectivity index (χ1n) is 11.7. The zero-order valence-corrected chi connectivity index (χ0v) is 20.4. The minimum Gasteiger partial charge on any atom is -0.443 e. The molecule has 2 fully saturated rings. The molecule has 0 radical (unpaired) electrons. The second-order valence-corrected chi connectivity index (χ2v) is 9.56. The van der Waals surface area contributed by atoms with Crippen molar-refractivity contribution in [2.45, 2.75) is 70.7 Å². The van der Waals surface area contributed by atoms with Crippen LogP contribution in [0.3, 0.4) is 0 Å². The van der Waals surface area contributed by atoms with Crippen molar-refractivity contribution >= 4 is 12.0 Å². The largest absolute Gasteiger partial charge is 0.443 e. The van der Waals surface area contributed by atoms with Gasteiger partial charge in [0.2, 0.25) is 5.91 Å². The number of hydrogen-bond donors (Lipinski definition) is 2. The molecule has 0 aromatic heterocycles. The van der Waals surface area contributed by atoms with Crippen LogP contribution in [0.5, 0.6) is 0 Å². The summed E-state index contributed by atoms with van der Waals surface area (Å²) < 4.78 is 5.97. The molecule has 0 spiro atoms. The molecule has 6 nitrogen and oxygen atoms in total. The Balaban J connectivity index is 1.84. The van der Waals surface area contributed by atoms with E-state index in [0.717, 1.165) is 30.5 Å². The van der Waals surface area contributed by atoms with E-state index in [9.17, 15) is 9.59 Å². The molecule has 2 aliphatic rings. The monoisotopic (exact) mass is 451 g/mol. The summed E-state index contributed by atoms with van der Waals surface area (Å²) in [4.78, 5) is 27.1. The van der Waals surface area contributed by atoms with Crippen LogP contribution in [-0.4, -0.2) is 47.7 Å². The Morgan fingerprint density at radius 3 is 2.61 bits per heavy atom. The molecule has 2 N–H and O–H groups in total. The second kappa shape index (κ2) is 10.4. The summed E-state index contributed by atoms with van der Waals surface area (Å²) >= 11 is 0. The molecule has 0 bridgehead atoms. The number of carbonyl (C=O) groups is 2. The van der Waals surface area contributed by atoms with Gasteiger partial charge in [-0.2, -0.15) is 0 Å². The Labute approximate surface area is 197 Å². The molecule has 2 saturated heterocycles. The summed E-state index contributed by atoms with van der Waals surface area (Å²) in [6, 6.07) is 10.2. The quantitative estimate of drug-likeness (QED) is 0.577. The second-order valence-electron chi connectivity index (χ2n) is 9.56. The normalized spacial score (nSPS) is 25.8. The topological polar surface area (TPSA) is 70.7 Å². The van der Waals surface area contributed by atoms with Crippen molar-refractivity contribution in [3.05, 3.63) is 72.0 Å². The molecular formula is C27H37N3O3. The van der Waals surface area contributed by atoms with Crippen LogP contribution in [-0.2, 0) is 16.0 Å². The Hall–Kier alpha value is -2.86. The zero-order chi connectivity index (χ0) is 24.2. The average Bonchev–Trinajstić information content (AvgIpc) is 3.18. The van der Waals surface area contributed by atoms with Crippen molar-refractivity contribution in [1.29, 1.82) is 0 Å². The number of cyclic esters (lactones) is 1. The van der Waals surface area contributed by atoms with Gasteiger partial charge in [0.25, 0.3) is 0 Å². The van der Waals surface area contributed by atoms with E-state index in [0.29, 0.717) is 0 Å². The predicted molar refractivity (Wildman–Crippen MR) is 132 cm³/mol. The Kier molecular flexibility index (Phi) is 7.80. The lowest BCUT2D eigenvalue weighted by Gasteiger charge is -2.48. The van der Waals surface area contributed by atoms with Crippen LogP contribution >= 0.6 is 0 Å². The van der Waals surface area contributed by atoms with Crippen LogP contribution in [0.4, 0.5) is 4.79 Å². The van der Waals surface area contributed by atoms with Gasteiger partial charge in [0.05, 0.1) is 6.04 Å². The lowest BCUT2D eigenvalue weighted by atomic mass is 9.76. The molecule has 1 unspecified atom stereocenters. The van der Waals surface area contributed by atoms with E-state index in [1.54, 1.807) is 7.05 Å². The zero-order valence-electron chi connectivity index (χ0n) is 20.4. The van der Waals surface area contributed by atoms with Gasteiger partial charge in [-0.25, -0.2) is 4.79 Å². The summed E-state index contributed by atoms with van der Waals surface area (Å²) in [5.41, 5.74) is 2.31. The maximum absolute atomic E-state index is 13.0. The van der Waals surface area contributed by atoms with Crippen LogP contribution in [0.25, 0.3) is 0 Å². The van der Waals surface area contributed by atoms with Gasteiger partial charge in [-0.15, -0.1) is 0 Å². The first-order valence-corrected chi connectivity index (χ1v) is 11.7. The third-order valence-electron chi connectivity index (χ3n) is 6.82. The maximum Gasteiger partial charge on any atom is 0.410 e. The molecule has 0 saturated carbocycles. The minimum atomic E-state index is -0.661. The maximum atomic E-state index is 13.0. The smallest absolute Gasteiger partial charge is 0.410 e. The summed E-state index contributed by atoms with van der Waals surface area (Å²) in [6.45, 7) is 11.7. The van der Waals surface area contributed by atoms with E-state index < -0.39 is 5.60 Å². The molecule has 4 atom stereocenters. The van der Waals surface area contributed by atoms with Crippen LogP contribution < -0.4 is 10.6 Å². The van der Waals surface area contributed by atoms with Crippen LogP contribution in [0, 0.1) is 5.92 Å². The number of ether oxygens (including phenoxy) is 1. The van der Waals surface area contributed by atoms with E-state index in [1.165, 1.54) is 5.56 Å². The van der Waals surface area contributed by atoms with Crippen molar-refractivity contribution in [3.8, 4) is 0 Å². The van der Waals surface area contributed by atoms with Gasteiger partial charge in [-0.1, -0.05) is 49.1 Å². The predicted octanol–water partition coefficient (Wildman–Crippen LogP) is 4.35. The number of carbonyl (C=O) groups excluding carboxylic acids is 2.